The van der Waals surface area contributed by atoms with Crippen LogP contribution in [-0.2, 0) is 9.53 Å². The van der Waals surface area contributed by atoms with Gasteiger partial charge < -0.3 is 15.4 Å². The first kappa shape index (κ1) is 14.1. The molecule has 1 spiro atoms. The molecular weight excluding hydrogens is 246 g/mol. The number of carbonyl (C=O) groups is 2. The van der Waals surface area contributed by atoms with Gasteiger partial charge in [-0.15, -0.1) is 0 Å². The van der Waals surface area contributed by atoms with Gasteiger partial charge in [0.05, 0.1) is 5.54 Å². The summed E-state index contributed by atoms with van der Waals surface area (Å²) in [6, 6.07) is 0. The highest BCUT2D eigenvalue weighted by molar-refractivity contribution is 5.83. The fourth-order valence-corrected chi connectivity index (χ4v) is 2.55. The zero-order valence-electron chi connectivity index (χ0n) is 11.9. The monoisotopic (exact) mass is 269 g/mol. The number of carbonyl (C=O) groups excluding carboxylic acids is 2. The van der Waals surface area contributed by atoms with E-state index in [0.717, 1.165) is 25.9 Å². The molecule has 0 aromatic rings. The fraction of sp³-hybridized carbons (Fsp3) is 0.846. The number of nitrogens with zero attached hydrogens (tertiary/aromatic N) is 1. The Morgan fingerprint density at radius 1 is 1.37 bits per heavy atom. The predicted octanol–water partition coefficient (Wildman–Crippen LogP) is 0.476. The largest absolute Gasteiger partial charge is 0.444 e. The highest BCUT2D eigenvalue weighted by Crippen LogP contribution is 2.22. The number of nitrogens with one attached hydrogen (secondary N) is 2. The zero-order valence-corrected chi connectivity index (χ0v) is 11.9. The van der Waals surface area contributed by atoms with Crippen molar-refractivity contribution >= 4 is 12.0 Å². The molecule has 19 heavy (non-hydrogen) atoms. The maximum absolute atomic E-state index is 12.0. The van der Waals surface area contributed by atoms with Gasteiger partial charge in [0.25, 0.3) is 0 Å². The van der Waals surface area contributed by atoms with E-state index in [-0.39, 0.29) is 18.0 Å². The second kappa shape index (κ2) is 5.00. The normalized spacial score (nSPS) is 28.2. The molecule has 2 saturated heterocycles. The van der Waals surface area contributed by atoms with Crippen LogP contribution in [0.3, 0.4) is 0 Å². The Labute approximate surface area is 113 Å². The summed E-state index contributed by atoms with van der Waals surface area (Å²) in [6.07, 6.45) is 1.27. The van der Waals surface area contributed by atoms with Crippen molar-refractivity contribution < 1.29 is 14.3 Å². The Bertz CT molecular complexity index is 370. The molecule has 0 aliphatic carbocycles. The van der Waals surface area contributed by atoms with E-state index in [4.69, 9.17) is 4.74 Å². The van der Waals surface area contributed by atoms with Crippen LogP contribution in [0.15, 0.2) is 0 Å². The van der Waals surface area contributed by atoms with E-state index >= 15 is 0 Å². The molecule has 2 amide bonds. The van der Waals surface area contributed by atoms with E-state index in [1.165, 1.54) is 4.90 Å². The van der Waals surface area contributed by atoms with Crippen molar-refractivity contribution in [2.75, 3.05) is 26.2 Å². The van der Waals surface area contributed by atoms with E-state index in [0.29, 0.717) is 6.54 Å². The van der Waals surface area contributed by atoms with Crippen LogP contribution in [0.2, 0.25) is 0 Å². The van der Waals surface area contributed by atoms with E-state index in [1.807, 2.05) is 20.8 Å². The minimum atomic E-state index is -0.535. The first-order chi connectivity index (χ1) is 8.80. The minimum Gasteiger partial charge on any atom is -0.444 e. The molecule has 0 saturated carbocycles. The molecule has 2 N–H and O–H groups in total. The average molecular weight is 269 g/mol. The van der Waals surface area contributed by atoms with Crippen LogP contribution in [0.5, 0.6) is 0 Å². The summed E-state index contributed by atoms with van der Waals surface area (Å²) >= 11 is 0. The zero-order chi connectivity index (χ0) is 14.1. The second-order valence-electron chi connectivity index (χ2n) is 6.41. The van der Waals surface area contributed by atoms with Gasteiger partial charge in [-0.25, -0.2) is 4.79 Å². The van der Waals surface area contributed by atoms with Crippen molar-refractivity contribution in [3.63, 3.8) is 0 Å². The Morgan fingerprint density at radius 3 is 2.68 bits per heavy atom. The quantitative estimate of drug-likeness (QED) is 0.671. The summed E-state index contributed by atoms with van der Waals surface area (Å²) in [5.41, 5.74) is -0.722. The SMILES string of the molecule is CC(C)(C)OC(=O)N1CCC2(CCNC2)NC(=O)C1. The van der Waals surface area contributed by atoms with Gasteiger partial charge in [-0.1, -0.05) is 0 Å². The summed E-state index contributed by atoms with van der Waals surface area (Å²) in [4.78, 5) is 25.5. The van der Waals surface area contributed by atoms with Gasteiger partial charge in [0.1, 0.15) is 12.1 Å². The molecule has 0 bridgehead atoms. The Balaban J connectivity index is 2.01. The maximum Gasteiger partial charge on any atom is 0.410 e. The van der Waals surface area contributed by atoms with Crippen LogP contribution in [0.25, 0.3) is 0 Å². The van der Waals surface area contributed by atoms with Crippen LogP contribution in [0.1, 0.15) is 33.6 Å². The molecule has 0 aromatic heterocycles. The van der Waals surface area contributed by atoms with E-state index in [1.54, 1.807) is 0 Å². The third kappa shape index (κ3) is 3.59. The number of ether oxygens (including phenoxy) is 1. The molecule has 6 heteroatoms. The van der Waals surface area contributed by atoms with Crippen molar-refractivity contribution in [1.82, 2.24) is 15.5 Å². The van der Waals surface area contributed by atoms with Gasteiger partial charge >= 0.3 is 6.09 Å². The molecule has 0 aromatic carbocycles. The fourth-order valence-electron chi connectivity index (χ4n) is 2.55. The molecule has 2 heterocycles. The summed E-state index contributed by atoms with van der Waals surface area (Å²) in [7, 11) is 0. The molecular formula is C13H23N3O3. The molecule has 6 nitrogen and oxygen atoms in total. The van der Waals surface area contributed by atoms with E-state index < -0.39 is 11.7 Å². The van der Waals surface area contributed by atoms with Gasteiger partial charge in [-0.05, 0) is 40.2 Å². The van der Waals surface area contributed by atoms with Crippen LogP contribution >= 0.6 is 0 Å². The van der Waals surface area contributed by atoms with E-state index in [9.17, 15) is 9.59 Å². The summed E-state index contributed by atoms with van der Waals surface area (Å²) < 4.78 is 5.32. The average Bonchev–Trinajstić information content (AvgIpc) is 2.62. The maximum atomic E-state index is 12.0. The lowest BCUT2D eigenvalue weighted by Crippen LogP contribution is -2.49. The molecule has 0 radical (unpaired) electrons. The smallest absolute Gasteiger partial charge is 0.410 e. The molecule has 1 atom stereocenters. The number of amides is 2. The van der Waals surface area contributed by atoms with Gasteiger partial charge in [-0.2, -0.15) is 0 Å². The highest BCUT2D eigenvalue weighted by Gasteiger charge is 2.39. The van der Waals surface area contributed by atoms with Gasteiger partial charge in [0.2, 0.25) is 5.91 Å². The molecule has 2 fully saturated rings. The van der Waals surface area contributed by atoms with Crippen molar-refractivity contribution in [1.29, 1.82) is 0 Å². The Kier molecular flexibility index (Phi) is 3.71. The lowest BCUT2D eigenvalue weighted by atomic mass is 9.94. The van der Waals surface area contributed by atoms with Crippen molar-refractivity contribution in [3.05, 3.63) is 0 Å². The number of rotatable bonds is 0. The molecule has 108 valence electrons. The molecule has 2 aliphatic heterocycles. The van der Waals surface area contributed by atoms with Crippen molar-refractivity contribution in [3.8, 4) is 0 Å². The topological polar surface area (TPSA) is 70.7 Å². The van der Waals surface area contributed by atoms with Crippen molar-refractivity contribution in [2.24, 2.45) is 0 Å². The van der Waals surface area contributed by atoms with Crippen LogP contribution in [0.4, 0.5) is 4.79 Å². The number of hydrogen-bond donors (Lipinski definition) is 2. The molecule has 2 rings (SSSR count). The minimum absolute atomic E-state index is 0.0800. The Morgan fingerprint density at radius 2 is 2.11 bits per heavy atom. The predicted molar refractivity (Wildman–Crippen MR) is 70.8 cm³/mol. The molecule has 2 aliphatic rings. The Hall–Kier alpha value is -1.30. The third-order valence-corrected chi connectivity index (χ3v) is 3.49. The first-order valence-electron chi connectivity index (χ1n) is 6.79. The lowest BCUT2D eigenvalue weighted by molar-refractivity contribution is -0.122. The summed E-state index contributed by atoms with van der Waals surface area (Å²) in [5, 5.41) is 6.32. The van der Waals surface area contributed by atoms with Gasteiger partial charge in [0.15, 0.2) is 0 Å². The summed E-state index contributed by atoms with van der Waals surface area (Å²) in [6.45, 7) is 7.79. The second-order valence-corrected chi connectivity index (χ2v) is 6.41. The lowest BCUT2D eigenvalue weighted by Gasteiger charge is -2.28. The first-order valence-corrected chi connectivity index (χ1v) is 6.79. The standard InChI is InChI=1S/C13H23N3O3/c1-12(2,3)19-11(18)16-7-5-13(4-6-14-9-13)15-10(17)8-16/h14H,4-9H2,1-3H3,(H,15,17). The van der Waals surface area contributed by atoms with Crippen molar-refractivity contribution in [2.45, 2.75) is 44.8 Å². The number of hydrogen-bond acceptors (Lipinski definition) is 4. The van der Waals surface area contributed by atoms with Crippen LogP contribution < -0.4 is 10.6 Å². The third-order valence-electron chi connectivity index (χ3n) is 3.49. The van der Waals surface area contributed by atoms with Gasteiger partial charge in [-0.3, -0.25) is 9.69 Å². The highest BCUT2D eigenvalue weighted by atomic mass is 16.6. The van der Waals surface area contributed by atoms with Crippen LogP contribution in [0, 0.1) is 0 Å². The summed E-state index contributed by atoms with van der Waals surface area (Å²) in [5.74, 6) is -0.105. The van der Waals surface area contributed by atoms with Gasteiger partial charge in [0, 0.05) is 13.1 Å². The molecule has 1 unspecified atom stereocenters. The van der Waals surface area contributed by atoms with E-state index in [2.05, 4.69) is 10.6 Å². The van der Waals surface area contributed by atoms with Crippen LogP contribution in [-0.4, -0.2) is 54.2 Å².